The average Bonchev–Trinajstić information content (AvgIpc) is 2.81. The molecule has 9 heteroatoms. The molecule has 0 spiro atoms. The fourth-order valence-electron chi connectivity index (χ4n) is 1.68. The first kappa shape index (κ1) is 13.2. The smallest absolute Gasteiger partial charge is 0.322 e. The Hall–Kier alpha value is -1.19. The predicted molar refractivity (Wildman–Crippen MR) is 69.1 cm³/mol. The van der Waals surface area contributed by atoms with Crippen LogP contribution in [0.25, 0.3) is 0 Å². The number of sulfonamides is 1. The number of hydrogen-bond acceptors (Lipinski definition) is 5. The lowest BCUT2D eigenvalue weighted by Gasteiger charge is -2.32. The van der Waals surface area contributed by atoms with Crippen LogP contribution in [0.5, 0.6) is 0 Å². The summed E-state index contributed by atoms with van der Waals surface area (Å²) in [6.45, 7) is 1.46. The molecule has 1 aromatic heterocycles. The maximum atomic E-state index is 11.8. The molecule has 0 bridgehead atoms. The SMILES string of the molecule is CS(=O)(=O)N1CCN(C(=O)Nc2nccs2)CC1. The first-order valence-electron chi connectivity index (χ1n) is 5.37. The molecule has 2 heterocycles. The number of carbonyl (C=O) groups excluding carboxylic acids is 1. The molecule has 1 N–H and O–H groups in total. The van der Waals surface area contributed by atoms with E-state index in [1.807, 2.05) is 0 Å². The number of aromatic nitrogens is 1. The lowest BCUT2D eigenvalue weighted by molar-refractivity contribution is 0.184. The van der Waals surface area contributed by atoms with Gasteiger partial charge in [-0.05, 0) is 0 Å². The van der Waals surface area contributed by atoms with Crippen molar-refractivity contribution in [3.05, 3.63) is 11.6 Å². The Morgan fingerprint density at radius 1 is 1.39 bits per heavy atom. The molecule has 0 unspecified atom stereocenters. The standard InChI is InChI=1S/C9H14N4O3S2/c1-18(15,16)13-5-3-12(4-6-13)9(14)11-8-10-2-7-17-8/h2,7H,3-6H2,1H3,(H,10,11,14). The zero-order valence-corrected chi connectivity index (χ0v) is 11.5. The third kappa shape index (κ3) is 3.18. The summed E-state index contributed by atoms with van der Waals surface area (Å²) >= 11 is 1.34. The van der Waals surface area contributed by atoms with E-state index in [1.54, 1.807) is 16.5 Å². The number of urea groups is 1. The Labute approximate surface area is 109 Å². The maximum absolute atomic E-state index is 11.8. The molecule has 0 atom stereocenters. The number of carbonyl (C=O) groups is 1. The molecule has 100 valence electrons. The fourth-order valence-corrected chi connectivity index (χ4v) is 3.02. The van der Waals surface area contributed by atoms with Crippen molar-refractivity contribution in [3.63, 3.8) is 0 Å². The molecule has 0 aromatic carbocycles. The van der Waals surface area contributed by atoms with Crippen molar-refractivity contribution < 1.29 is 13.2 Å². The van der Waals surface area contributed by atoms with Gasteiger partial charge in [-0.3, -0.25) is 5.32 Å². The Morgan fingerprint density at radius 2 is 2.06 bits per heavy atom. The third-order valence-electron chi connectivity index (χ3n) is 2.64. The molecule has 1 fully saturated rings. The predicted octanol–water partition coefficient (Wildman–Crippen LogP) is 0.252. The molecule has 0 aliphatic carbocycles. The highest BCUT2D eigenvalue weighted by atomic mass is 32.2. The molecule has 7 nitrogen and oxygen atoms in total. The van der Waals surface area contributed by atoms with Crippen molar-refractivity contribution in [2.24, 2.45) is 0 Å². The topological polar surface area (TPSA) is 82.6 Å². The van der Waals surface area contributed by atoms with Crippen molar-refractivity contribution >= 4 is 32.5 Å². The first-order valence-corrected chi connectivity index (χ1v) is 8.10. The second kappa shape index (κ2) is 5.21. The first-order chi connectivity index (χ1) is 8.47. The summed E-state index contributed by atoms with van der Waals surface area (Å²) in [7, 11) is -3.16. The van der Waals surface area contributed by atoms with Crippen molar-refractivity contribution in [3.8, 4) is 0 Å². The number of piperazine rings is 1. The summed E-state index contributed by atoms with van der Waals surface area (Å²) in [6, 6.07) is -0.238. The van der Waals surface area contributed by atoms with Gasteiger partial charge in [-0.1, -0.05) is 0 Å². The minimum absolute atomic E-state index is 0.238. The van der Waals surface area contributed by atoms with Crippen molar-refractivity contribution in [1.82, 2.24) is 14.2 Å². The number of hydrogen-bond donors (Lipinski definition) is 1. The monoisotopic (exact) mass is 290 g/mol. The van der Waals surface area contributed by atoms with Crippen LogP contribution in [0.4, 0.5) is 9.93 Å². The molecule has 1 aromatic rings. The summed E-state index contributed by atoms with van der Waals surface area (Å²) < 4.78 is 24.0. The Kier molecular flexibility index (Phi) is 3.83. The summed E-state index contributed by atoms with van der Waals surface area (Å²) in [4.78, 5) is 17.4. The molecular weight excluding hydrogens is 276 g/mol. The molecule has 2 rings (SSSR count). The molecule has 1 saturated heterocycles. The molecule has 0 saturated carbocycles. The molecule has 0 radical (unpaired) electrons. The van der Waals surface area contributed by atoms with E-state index in [-0.39, 0.29) is 6.03 Å². The third-order valence-corrected chi connectivity index (χ3v) is 4.63. The van der Waals surface area contributed by atoms with Crippen LogP contribution in [0.15, 0.2) is 11.6 Å². The van der Waals surface area contributed by atoms with Gasteiger partial charge in [0.1, 0.15) is 0 Å². The van der Waals surface area contributed by atoms with Crippen LogP contribution in [0.1, 0.15) is 0 Å². The normalized spacial score (nSPS) is 17.7. The highest BCUT2D eigenvalue weighted by Gasteiger charge is 2.26. The average molecular weight is 290 g/mol. The van der Waals surface area contributed by atoms with Gasteiger partial charge in [-0.25, -0.2) is 18.2 Å². The van der Waals surface area contributed by atoms with Gasteiger partial charge < -0.3 is 4.90 Å². The fraction of sp³-hybridized carbons (Fsp3) is 0.556. The van der Waals surface area contributed by atoms with E-state index in [1.165, 1.54) is 21.9 Å². The van der Waals surface area contributed by atoms with E-state index in [4.69, 9.17) is 0 Å². The van der Waals surface area contributed by atoms with E-state index in [0.717, 1.165) is 0 Å². The minimum Gasteiger partial charge on any atom is -0.322 e. The van der Waals surface area contributed by atoms with Gasteiger partial charge in [-0.15, -0.1) is 11.3 Å². The quantitative estimate of drug-likeness (QED) is 0.846. The van der Waals surface area contributed by atoms with E-state index in [0.29, 0.717) is 31.3 Å². The Balaban J connectivity index is 1.88. The number of nitrogens with one attached hydrogen (secondary N) is 1. The van der Waals surface area contributed by atoms with Crippen molar-refractivity contribution in [2.75, 3.05) is 37.8 Å². The van der Waals surface area contributed by atoms with Crippen LogP contribution in [0.2, 0.25) is 0 Å². The molecule has 18 heavy (non-hydrogen) atoms. The van der Waals surface area contributed by atoms with Gasteiger partial charge in [0, 0.05) is 37.8 Å². The van der Waals surface area contributed by atoms with Crippen LogP contribution in [0, 0.1) is 0 Å². The van der Waals surface area contributed by atoms with Crippen LogP contribution in [0.3, 0.4) is 0 Å². The van der Waals surface area contributed by atoms with Crippen LogP contribution in [-0.4, -0.2) is 61.1 Å². The largest absolute Gasteiger partial charge is 0.323 e. The second-order valence-electron chi connectivity index (χ2n) is 3.92. The lowest BCUT2D eigenvalue weighted by atomic mass is 10.4. The maximum Gasteiger partial charge on any atom is 0.323 e. The number of nitrogens with zero attached hydrogens (tertiary/aromatic N) is 3. The zero-order chi connectivity index (χ0) is 13.2. The number of rotatable bonds is 2. The summed E-state index contributed by atoms with van der Waals surface area (Å²) in [6.07, 6.45) is 2.79. The minimum atomic E-state index is -3.16. The van der Waals surface area contributed by atoms with Crippen LogP contribution in [-0.2, 0) is 10.0 Å². The zero-order valence-electron chi connectivity index (χ0n) is 9.87. The highest BCUT2D eigenvalue weighted by Crippen LogP contribution is 2.12. The van der Waals surface area contributed by atoms with Gasteiger partial charge in [0.2, 0.25) is 10.0 Å². The van der Waals surface area contributed by atoms with Crippen LogP contribution >= 0.6 is 11.3 Å². The van der Waals surface area contributed by atoms with E-state index >= 15 is 0 Å². The highest BCUT2D eigenvalue weighted by molar-refractivity contribution is 7.88. The lowest BCUT2D eigenvalue weighted by Crippen LogP contribution is -2.51. The number of amides is 2. The van der Waals surface area contributed by atoms with Gasteiger partial charge in [-0.2, -0.15) is 4.31 Å². The molecule has 2 amide bonds. The van der Waals surface area contributed by atoms with E-state index in [9.17, 15) is 13.2 Å². The van der Waals surface area contributed by atoms with Gasteiger partial charge in [0.05, 0.1) is 6.26 Å². The number of anilines is 1. The van der Waals surface area contributed by atoms with E-state index < -0.39 is 10.0 Å². The summed E-state index contributed by atoms with van der Waals surface area (Å²) in [5, 5.41) is 4.99. The second-order valence-corrected chi connectivity index (χ2v) is 6.79. The van der Waals surface area contributed by atoms with Crippen molar-refractivity contribution in [2.45, 2.75) is 0 Å². The van der Waals surface area contributed by atoms with Crippen LogP contribution < -0.4 is 5.32 Å². The Bertz CT molecular complexity index is 506. The molecular formula is C9H14N4O3S2. The van der Waals surface area contributed by atoms with Gasteiger partial charge >= 0.3 is 6.03 Å². The van der Waals surface area contributed by atoms with Gasteiger partial charge in [0.15, 0.2) is 5.13 Å². The van der Waals surface area contributed by atoms with Gasteiger partial charge in [0.25, 0.3) is 0 Å². The molecule has 1 aliphatic rings. The number of thiazole rings is 1. The Morgan fingerprint density at radius 3 is 2.56 bits per heavy atom. The van der Waals surface area contributed by atoms with E-state index in [2.05, 4.69) is 10.3 Å². The van der Waals surface area contributed by atoms with Crippen molar-refractivity contribution in [1.29, 1.82) is 0 Å². The summed E-state index contributed by atoms with van der Waals surface area (Å²) in [5.74, 6) is 0. The molecule has 1 aliphatic heterocycles. The summed E-state index contributed by atoms with van der Waals surface area (Å²) in [5.41, 5.74) is 0.